The SMILES string of the molecule is CCNC(=O)CCS(=O)c1cc(N)ccc1Cl. The van der Waals surface area contributed by atoms with E-state index in [1.54, 1.807) is 18.2 Å². The van der Waals surface area contributed by atoms with Gasteiger partial charge >= 0.3 is 0 Å². The largest absolute Gasteiger partial charge is 0.399 e. The molecule has 4 nitrogen and oxygen atoms in total. The highest BCUT2D eigenvalue weighted by Crippen LogP contribution is 2.22. The number of hydrogen-bond acceptors (Lipinski definition) is 3. The summed E-state index contributed by atoms with van der Waals surface area (Å²) < 4.78 is 11.9. The van der Waals surface area contributed by atoms with Crippen molar-refractivity contribution in [2.75, 3.05) is 18.0 Å². The molecule has 17 heavy (non-hydrogen) atoms. The third-order valence-electron chi connectivity index (χ3n) is 2.09. The Bertz CT molecular complexity index is 437. The fourth-order valence-electron chi connectivity index (χ4n) is 1.28. The second-order valence-corrected chi connectivity index (χ2v) is 5.39. The molecule has 94 valence electrons. The number of carbonyl (C=O) groups excluding carboxylic acids is 1. The molecule has 0 radical (unpaired) electrons. The van der Waals surface area contributed by atoms with Gasteiger partial charge in [0.1, 0.15) is 0 Å². The number of nitrogens with one attached hydrogen (secondary N) is 1. The Labute approximate surface area is 108 Å². The Morgan fingerprint density at radius 3 is 2.88 bits per heavy atom. The molecular formula is C11H15ClN2O2S. The third kappa shape index (κ3) is 4.36. The standard InChI is InChI=1S/C11H15ClN2O2S/c1-2-14-11(15)5-6-17(16)10-7-8(13)3-4-9(10)12/h3-4,7H,2,5-6,13H2,1H3,(H,14,15). The van der Waals surface area contributed by atoms with Crippen LogP contribution in [0.4, 0.5) is 5.69 Å². The van der Waals surface area contributed by atoms with Gasteiger partial charge in [0, 0.05) is 24.4 Å². The van der Waals surface area contributed by atoms with Gasteiger partial charge in [-0.15, -0.1) is 0 Å². The number of carbonyl (C=O) groups is 1. The van der Waals surface area contributed by atoms with Crippen LogP contribution in [0.2, 0.25) is 5.02 Å². The van der Waals surface area contributed by atoms with E-state index in [2.05, 4.69) is 5.32 Å². The van der Waals surface area contributed by atoms with Gasteiger partial charge in [-0.25, -0.2) is 0 Å². The zero-order valence-corrected chi connectivity index (χ0v) is 11.1. The van der Waals surface area contributed by atoms with Crippen molar-refractivity contribution in [3.63, 3.8) is 0 Å². The number of anilines is 1. The number of rotatable bonds is 5. The summed E-state index contributed by atoms with van der Waals surface area (Å²) in [4.78, 5) is 11.7. The van der Waals surface area contributed by atoms with Gasteiger partial charge in [0.05, 0.1) is 20.7 Å². The number of nitrogens with two attached hydrogens (primary N) is 1. The molecule has 1 amide bonds. The van der Waals surface area contributed by atoms with Crippen molar-refractivity contribution in [2.45, 2.75) is 18.2 Å². The van der Waals surface area contributed by atoms with Gasteiger partial charge in [-0.1, -0.05) is 11.6 Å². The van der Waals surface area contributed by atoms with Gasteiger partial charge in [0.2, 0.25) is 5.91 Å². The van der Waals surface area contributed by atoms with Crippen LogP contribution in [0.15, 0.2) is 23.1 Å². The Morgan fingerprint density at radius 2 is 2.24 bits per heavy atom. The van der Waals surface area contributed by atoms with Crippen LogP contribution in [0.1, 0.15) is 13.3 Å². The Hall–Kier alpha value is -1.07. The highest BCUT2D eigenvalue weighted by Gasteiger charge is 2.11. The topological polar surface area (TPSA) is 72.2 Å². The molecule has 0 aliphatic carbocycles. The van der Waals surface area contributed by atoms with E-state index < -0.39 is 10.8 Å². The molecule has 1 aromatic carbocycles. The lowest BCUT2D eigenvalue weighted by Gasteiger charge is -2.06. The van der Waals surface area contributed by atoms with E-state index in [1.807, 2.05) is 6.92 Å². The lowest BCUT2D eigenvalue weighted by Crippen LogP contribution is -2.24. The van der Waals surface area contributed by atoms with E-state index in [0.717, 1.165) is 0 Å². The minimum Gasteiger partial charge on any atom is -0.399 e. The minimum atomic E-state index is -1.30. The number of amides is 1. The molecule has 0 aliphatic rings. The molecule has 0 saturated carbocycles. The van der Waals surface area contributed by atoms with Crippen LogP contribution in [0.3, 0.4) is 0 Å². The maximum Gasteiger partial charge on any atom is 0.220 e. The Morgan fingerprint density at radius 1 is 1.53 bits per heavy atom. The summed E-state index contributed by atoms with van der Waals surface area (Å²) in [5.41, 5.74) is 6.11. The van der Waals surface area contributed by atoms with E-state index in [1.165, 1.54) is 0 Å². The first-order valence-electron chi connectivity index (χ1n) is 5.24. The molecule has 1 aromatic rings. The molecule has 0 bridgehead atoms. The van der Waals surface area contributed by atoms with Gasteiger partial charge in [-0.05, 0) is 25.1 Å². The predicted octanol–water partition coefficient (Wildman–Crippen LogP) is 1.56. The molecule has 3 N–H and O–H groups in total. The van der Waals surface area contributed by atoms with Gasteiger partial charge in [0.25, 0.3) is 0 Å². The molecule has 0 fully saturated rings. The molecule has 0 saturated heterocycles. The molecule has 0 aromatic heterocycles. The van der Waals surface area contributed by atoms with Gasteiger partial charge < -0.3 is 11.1 Å². The maximum absolute atomic E-state index is 11.9. The summed E-state index contributed by atoms with van der Waals surface area (Å²) in [7, 11) is -1.30. The smallest absolute Gasteiger partial charge is 0.220 e. The van der Waals surface area contributed by atoms with Gasteiger partial charge in [-0.2, -0.15) is 0 Å². The highest BCUT2D eigenvalue weighted by molar-refractivity contribution is 7.85. The first kappa shape index (κ1) is 14.0. The molecule has 0 heterocycles. The highest BCUT2D eigenvalue weighted by atomic mass is 35.5. The average Bonchev–Trinajstić information content (AvgIpc) is 2.29. The summed E-state index contributed by atoms with van der Waals surface area (Å²) in [6, 6.07) is 4.83. The van der Waals surface area contributed by atoms with Crippen molar-refractivity contribution in [1.29, 1.82) is 0 Å². The van der Waals surface area contributed by atoms with E-state index >= 15 is 0 Å². The van der Waals surface area contributed by atoms with Crippen molar-refractivity contribution in [3.05, 3.63) is 23.2 Å². The Kier molecular flexibility index (Phi) is 5.44. The monoisotopic (exact) mass is 274 g/mol. The van der Waals surface area contributed by atoms with Crippen LogP contribution in [0.5, 0.6) is 0 Å². The van der Waals surface area contributed by atoms with Gasteiger partial charge in [0.15, 0.2) is 0 Å². The summed E-state index contributed by atoms with van der Waals surface area (Å²) in [6.07, 6.45) is 0.214. The van der Waals surface area contributed by atoms with E-state index in [-0.39, 0.29) is 18.1 Å². The third-order valence-corrected chi connectivity index (χ3v) is 3.93. The molecular weight excluding hydrogens is 260 g/mol. The van der Waals surface area contributed by atoms with E-state index in [4.69, 9.17) is 17.3 Å². The molecule has 0 aliphatic heterocycles. The predicted molar refractivity (Wildman–Crippen MR) is 70.4 cm³/mol. The number of hydrogen-bond donors (Lipinski definition) is 2. The zero-order chi connectivity index (χ0) is 12.8. The first-order valence-corrected chi connectivity index (χ1v) is 6.94. The second-order valence-electron chi connectivity index (χ2n) is 3.44. The summed E-state index contributed by atoms with van der Waals surface area (Å²) in [5.74, 6) is 0.135. The second kappa shape index (κ2) is 6.61. The van der Waals surface area contributed by atoms with Crippen molar-refractivity contribution >= 4 is 34.0 Å². The number of benzene rings is 1. The average molecular weight is 275 g/mol. The number of halogens is 1. The van der Waals surface area contributed by atoms with Crippen LogP contribution in [0, 0.1) is 0 Å². The summed E-state index contributed by atoms with van der Waals surface area (Å²) in [6.45, 7) is 2.41. The van der Waals surface area contributed by atoms with Crippen LogP contribution in [0.25, 0.3) is 0 Å². The van der Waals surface area contributed by atoms with E-state index in [9.17, 15) is 9.00 Å². The molecule has 1 rings (SSSR count). The lowest BCUT2D eigenvalue weighted by atomic mass is 10.3. The van der Waals surface area contributed by atoms with Gasteiger partial charge in [-0.3, -0.25) is 9.00 Å². The first-order chi connectivity index (χ1) is 8.04. The molecule has 6 heteroatoms. The maximum atomic E-state index is 11.9. The van der Waals surface area contributed by atoms with Crippen molar-refractivity contribution in [2.24, 2.45) is 0 Å². The molecule has 0 spiro atoms. The van der Waals surface area contributed by atoms with E-state index in [0.29, 0.717) is 22.2 Å². The fraction of sp³-hybridized carbons (Fsp3) is 0.364. The molecule has 1 unspecified atom stereocenters. The number of nitrogen functional groups attached to an aromatic ring is 1. The van der Waals surface area contributed by atoms with Crippen LogP contribution < -0.4 is 11.1 Å². The fourth-order valence-corrected chi connectivity index (χ4v) is 2.79. The van der Waals surface area contributed by atoms with Crippen molar-refractivity contribution < 1.29 is 9.00 Å². The normalized spacial score (nSPS) is 12.1. The summed E-state index contributed by atoms with van der Waals surface area (Å²) >= 11 is 5.92. The van der Waals surface area contributed by atoms with Crippen molar-refractivity contribution in [3.8, 4) is 0 Å². The minimum absolute atomic E-state index is 0.110. The summed E-state index contributed by atoms with van der Waals surface area (Å²) in [5, 5.41) is 3.06. The quantitative estimate of drug-likeness (QED) is 0.801. The van der Waals surface area contributed by atoms with Crippen molar-refractivity contribution in [1.82, 2.24) is 5.32 Å². The lowest BCUT2D eigenvalue weighted by molar-refractivity contribution is -0.120. The molecule has 1 atom stereocenters. The Balaban J connectivity index is 2.64. The van der Waals surface area contributed by atoms with Crippen LogP contribution in [-0.4, -0.2) is 22.4 Å². The zero-order valence-electron chi connectivity index (χ0n) is 9.53. The van der Waals surface area contributed by atoms with Crippen LogP contribution >= 0.6 is 11.6 Å². The van der Waals surface area contributed by atoms with Crippen LogP contribution in [-0.2, 0) is 15.6 Å².